The Hall–Kier alpha value is -2.30. The summed E-state index contributed by atoms with van der Waals surface area (Å²) in [7, 11) is 1.65. The van der Waals surface area contributed by atoms with Gasteiger partial charge in [0.15, 0.2) is 5.82 Å². The number of amides is 1. The minimum Gasteiger partial charge on any atom is -0.497 e. The number of aryl methyl sites for hydroxylation is 1. The number of carbonyl (C=O) groups excluding carboxylic acids is 1. The molecular formula is C21H27N3O2. The number of rotatable bonds is 5. The molecule has 0 unspecified atom stereocenters. The fraction of sp³-hybridized carbons (Fsp3) is 0.524. The molecule has 26 heavy (non-hydrogen) atoms. The number of hydrogen-bond donors (Lipinski definition) is 1. The molecule has 1 heterocycles. The van der Waals surface area contributed by atoms with Crippen molar-refractivity contribution in [2.24, 2.45) is 0 Å². The summed E-state index contributed by atoms with van der Waals surface area (Å²) in [5, 5.41) is 7.77. The van der Waals surface area contributed by atoms with Crippen LogP contribution in [-0.4, -0.2) is 22.8 Å². The molecule has 1 amide bonds. The number of methoxy groups -OCH3 is 1. The summed E-state index contributed by atoms with van der Waals surface area (Å²) in [4.78, 5) is 13.0. The van der Waals surface area contributed by atoms with Gasteiger partial charge in [-0.05, 0) is 50.3 Å². The van der Waals surface area contributed by atoms with Crippen LogP contribution in [0, 0.1) is 6.92 Å². The molecule has 0 aliphatic heterocycles. The van der Waals surface area contributed by atoms with Crippen molar-refractivity contribution in [2.75, 3.05) is 12.4 Å². The lowest BCUT2D eigenvalue weighted by Crippen LogP contribution is -2.28. The van der Waals surface area contributed by atoms with Gasteiger partial charge >= 0.3 is 0 Å². The van der Waals surface area contributed by atoms with Crippen LogP contribution in [0.25, 0.3) is 0 Å². The summed E-state index contributed by atoms with van der Waals surface area (Å²) < 4.78 is 7.43. The summed E-state index contributed by atoms with van der Waals surface area (Å²) in [6, 6.07) is 10.3. The first-order valence-electron chi connectivity index (χ1n) is 9.64. The Kier molecular flexibility index (Phi) is 4.47. The molecule has 5 nitrogen and oxygen atoms in total. The van der Waals surface area contributed by atoms with Crippen molar-refractivity contribution in [3.8, 4) is 5.75 Å². The normalized spacial score (nSPS) is 19.2. The van der Waals surface area contributed by atoms with Gasteiger partial charge in [-0.3, -0.25) is 9.48 Å². The highest BCUT2D eigenvalue weighted by molar-refractivity contribution is 6.00. The summed E-state index contributed by atoms with van der Waals surface area (Å²) in [6.07, 6.45) is 7.97. The second-order valence-corrected chi connectivity index (χ2v) is 7.68. The molecule has 0 bridgehead atoms. The summed E-state index contributed by atoms with van der Waals surface area (Å²) in [5.74, 6) is 1.50. The fourth-order valence-electron chi connectivity index (χ4n) is 4.17. The average molecular weight is 353 g/mol. The molecule has 1 aromatic carbocycles. The third-order valence-electron chi connectivity index (χ3n) is 5.89. The quantitative estimate of drug-likeness (QED) is 0.868. The van der Waals surface area contributed by atoms with Gasteiger partial charge in [0.1, 0.15) is 5.75 Å². The van der Waals surface area contributed by atoms with E-state index in [1.165, 1.54) is 32.1 Å². The molecule has 0 radical (unpaired) electrons. The number of hydrogen-bond acceptors (Lipinski definition) is 3. The van der Waals surface area contributed by atoms with E-state index in [0.717, 1.165) is 29.8 Å². The third kappa shape index (κ3) is 3.11. The van der Waals surface area contributed by atoms with Crippen LogP contribution in [0.3, 0.4) is 0 Å². The monoisotopic (exact) mass is 353 g/mol. The summed E-state index contributed by atoms with van der Waals surface area (Å²) >= 11 is 0. The van der Waals surface area contributed by atoms with Crippen LogP contribution >= 0.6 is 0 Å². The second-order valence-electron chi connectivity index (χ2n) is 7.68. The number of nitrogens with zero attached hydrogens (tertiary/aromatic N) is 2. The highest BCUT2D eigenvalue weighted by atomic mass is 16.5. The van der Waals surface area contributed by atoms with Gasteiger partial charge in [0.05, 0.1) is 18.6 Å². The molecule has 2 aliphatic carbocycles. The van der Waals surface area contributed by atoms with Crippen molar-refractivity contribution < 1.29 is 9.53 Å². The lowest BCUT2D eigenvalue weighted by molar-refractivity contribution is -0.118. The van der Waals surface area contributed by atoms with Crippen molar-refractivity contribution in [3.05, 3.63) is 41.6 Å². The molecule has 2 aliphatic rings. The van der Waals surface area contributed by atoms with E-state index < -0.39 is 5.41 Å². The van der Waals surface area contributed by atoms with Gasteiger partial charge in [-0.2, -0.15) is 5.10 Å². The number of ether oxygens (including phenoxy) is 1. The molecule has 1 N–H and O–H groups in total. The van der Waals surface area contributed by atoms with Crippen LogP contribution < -0.4 is 10.1 Å². The van der Waals surface area contributed by atoms with Crippen molar-refractivity contribution in [1.82, 2.24) is 9.78 Å². The highest BCUT2D eigenvalue weighted by Gasteiger charge is 2.51. The first kappa shape index (κ1) is 17.1. The Morgan fingerprint density at radius 2 is 2.00 bits per heavy atom. The minimum atomic E-state index is -0.433. The van der Waals surface area contributed by atoms with Crippen LogP contribution in [0.2, 0.25) is 0 Å². The van der Waals surface area contributed by atoms with Gasteiger partial charge in [0.2, 0.25) is 5.91 Å². The lowest BCUT2D eigenvalue weighted by atomic mass is 9.95. The molecule has 5 heteroatoms. The number of aromatic nitrogens is 2. The maximum absolute atomic E-state index is 13.0. The first-order valence-corrected chi connectivity index (χ1v) is 9.64. The van der Waals surface area contributed by atoms with Gasteiger partial charge in [-0.15, -0.1) is 0 Å². The number of anilines is 1. The van der Waals surface area contributed by atoms with E-state index in [-0.39, 0.29) is 5.91 Å². The van der Waals surface area contributed by atoms with Crippen molar-refractivity contribution in [1.29, 1.82) is 0 Å². The van der Waals surface area contributed by atoms with Gasteiger partial charge in [0.25, 0.3) is 0 Å². The molecule has 2 fully saturated rings. The standard InChI is InChI=1S/C21H27N3O2/c1-15-13-19(23-24(15)17-8-4-3-5-9-17)22-20(25)21(11-12-21)16-7-6-10-18(14-16)26-2/h6-7,10,13-14,17H,3-5,8-9,11-12H2,1-2H3,(H,22,23,25). The zero-order chi connectivity index (χ0) is 18.1. The Morgan fingerprint density at radius 3 is 2.69 bits per heavy atom. The molecule has 0 saturated heterocycles. The Balaban J connectivity index is 1.51. The van der Waals surface area contributed by atoms with Crippen LogP contribution in [0.1, 0.15) is 62.2 Å². The van der Waals surface area contributed by atoms with E-state index >= 15 is 0 Å². The summed E-state index contributed by atoms with van der Waals surface area (Å²) in [5.41, 5.74) is 1.72. The predicted molar refractivity (Wildman–Crippen MR) is 102 cm³/mol. The largest absolute Gasteiger partial charge is 0.497 e. The Labute approximate surface area is 154 Å². The zero-order valence-corrected chi connectivity index (χ0v) is 15.6. The molecule has 138 valence electrons. The topological polar surface area (TPSA) is 56.1 Å². The van der Waals surface area contributed by atoms with Crippen molar-refractivity contribution in [3.63, 3.8) is 0 Å². The number of carbonyl (C=O) groups is 1. The molecule has 2 aromatic rings. The van der Waals surface area contributed by atoms with Crippen LogP contribution in [0.15, 0.2) is 30.3 Å². The average Bonchev–Trinajstić information content (AvgIpc) is 3.41. The van der Waals surface area contributed by atoms with Crippen LogP contribution in [0.5, 0.6) is 5.75 Å². The van der Waals surface area contributed by atoms with Gasteiger partial charge in [-0.1, -0.05) is 31.4 Å². The first-order chi connectivity index (χ1) is 12.6. The number of nitrogens with one attached hydrogen (secondary N) is 1. The molecule has 4 rings (SSSR count). The fourth-order valence-corrected chi connectivity index (χ4v) is 4.17. The van der Waals surface area contributed by atoms with E-state index in [1.807, 2.05) is 30.3 Å². The van der Waals surface area contributed by atoms with Gasteiger partial charge < -0.3 is 10.1 Å². The zero-order valence-electron chi connectivity index (χ0n) is 15.6. The maximum atomic E-state index is 13.0. The van der Waals surface area contributed by atoms with E-state index in [4.69, 9.17) is 9.84 Å². The molecule has 2 saturated carbocycles. The third-order valence-corrected chi connectivity index (χ3v) is 5.89. The van der Waals surface area contributed by atoms with Gasteiger partial charge in [-0.25, -0.2) is 0 Å². The Morgan fingerprint density at radius 1 is 1.23 bits per heavy atom. The predicted octanol–water partition coefficient (Wildman–Crippen LogP) is 4.38. The smallest absolute Gasteiger partial charge is 0.236 e. The molecule has 0 spiro atoms. The highest BCUT2D eigenvalue weighted by Crippen LogP contribution is 2.49. The van der Waals surface area contributed by atoms with Crippen molar-refractivity contribution in [2.45, 2.75) is 63.3 Å². The lowest BCUT2D eigenvalue weighted by Gasteiger charge is -2.23. The second kappa shape index (κ2) is 6.78. The maximum Gasteiger partial charge on any atom is 0.236 e. The van der Waals surface area contributed by atoms with E-state index in [9.17, 15) is 4.79 Å². The minimum absolute atomic E-state index is 0.0408. The van der Waals surface area contributed by atoms with Crippen LogP contribution in [-0.2, 0) is 10.2 Å². The molecule has 0 atom stereocenters. The van der Waals surface area contributed by atoms with Crippen molar-refractivity contribution >= 4 is 11.7 Å². The molecule has 1 aromatic heterocycles. The van der Waals surface area contributed by atoms with E-state index in [1.54, 1.807) is 7.11 Å². The van der Waals surface area contributed by atoms with E-state index in [0.29, 0.717) is 11.9 Å². The van der Waals surface area contributed by atoms with E-state index in [2.05, 4.69) is 16.9 Å². The Bertz CT molecular complexity index is 801. The SMILES string of the molecule is COc1cccc(C2(C(=O)Nc3cc(C)n(C4CCCCC4)n3)CC2)c1. The summed E-state index contributed by atoms with van der Waals surface area (Å²) in [6.45, 7) is 2.08. The van der Waals surface area contributed by atoms with Crippen LogP contribution in [0.4, 0.5) is 5.82 Å². The number of benzene rings is 1. The van der Waals surface area contributed by atoms with Gasteiger partial charge in [0, 0.05) is 11.8 Å². The molecular weight excluding hydrogens is 326 g/mol.